The maximum absolute atomic E-state index is 11.6. The largest absolute Gasteiger partial charge is 0.391 e. The van der Waals surface area contributed by atoms with Crippen LogP contribution in [0.25, 0.3) is 0 Å². The molecule has 4 nitrogen and oxygen atoms in total. The summed E-state index contributed by atoms with van der Waals surface area (Å²) in [5.74, 6) is 0.262. The average Bonchev–Trinajstić information content (AvgIpc) is 2.61. The minimum absolute atomic E-state index is 0.155. The van der Waals surface area contributed by atoms with Gasteiger partial charge in [-0.05, 0) is 25.2 Å². The van der Waals surface area contributed by atoms with E-state index in [-0.39, 0.29) is 18.9 Å². The van der Waals surface area contributed by atoms with Crippen molar-refractivity contribution in [2.24, 2.45) is 5.92 Å². The first-order valence-electron chi connectivity index (χ1n) is 6.58. The van der Waals surface area contributed by atoms with E-state index >= 15 is 0 Å². The molecule has 0 heterocycles. The van der Waals surface area contributed by atoms with Gasteiger partial charge in [-0.15, -0.1) is 0 Å². The van der Waals surface area contributed by atoms with Gasteiger partial charge in [-0.2, -0.15) is 0 Å². The number of rotatable bonds is 6. The van der Waals surface area contributed by atoms with E-state index in [0.29, 0.717) is 12.3 Å². The number of carbonyl (C=O) groups is 1. The summed E-state index contributed by atoms with van der Waals surface area (Å²) >= 11 is 0. The first-order valence-corrected chi connectivity index (χ1v) is 6.58. The Kier molecular flexibility index (Phi) is 5.40. The molecular weight excluding hydrogens is 218 g/mol. The highest BCUT2D eigenvalue weighted by Crippen LogP contribution is 2.32. The quantitative estimate of drug-likeness (QED) is 0.656. The molecule has 100 valence electrons. The molecule has 0 radical (unpaired) electrons. The predicted molar refractivity (Wildman–Crippen MR) is 66.5 cm³/mol. The van der Waals surface area contributed by atoms with Crippen molar-refractivity contribution >= 4 is 5.91 Å². The number of hydrogen-bond acceptors (Lipinski definition) is 3. The van der Waals surface area contributed by atoms with Crippen molar-refractivity contribution in [1.29, 1.82) is 0 Å². The molecule has 0 aromatic rings. The van der Waals surface area contributed by atoms with Crippen LogP contribution in [0.3, 0.4) is 0 Å². The summed E-state index contributed by atoms with van der Waals surface area (Å²) in [6.45, 7) is 4.35. The Morgan fingerprint density at radius 1 is 1.35 bits per heavy atom. The van der Waals surface area contributed by atoms with Crippen molar-refractivity contribution in [2.75, 3.05) is 6.54 Å². The van der Waals surface area contributed by atoms with Gasteiger partial charge in [0.25, 0.3) is 0 Å². The van der Waals surface area contributed by atoms with Gasteiger partial charge >= 0.3 is 0 Å². The Bertz CT molecular complexity index is 247. The Hall–Kier alpha value is -0.610. The first-order chi connectivity index (χ1) is 7.91. The van der Waals surface area contributed by atoms with Gasteiger partial charge in [-0.1, -0.05) is 26.7 Å². The van der Waals surface area contributed by atoms with Crippen LogP contribution >= 0.6 is 0 Å². The van der Waals surface area contributed by atoms with E-state index in [9.17, 15) is 15.0 Å². The molecular formula is C13H25NO3. The van der Waals surface area contributed by atoms with Crippen molar-refractivity contribution in [1.82, 2.24) is 5.32 Å². The number of amides is 1. The molecule has 1 saturated carbocycles. The van der Waals surface area contributed by atoms with Gasteiger partial charge in [0.05, 0.1) is 18.1 Å². The molecule has 1 atom stereocenters. The summed E-state index contributed by atoms with van der Waals surface area (Å²) in [5, 5.41) is 22.4. The molecule has 1 rings (SSSR count). The van der Waals surface area contributed by atoms with Crippen LogP contribution in [0.15, 0.2) is 0 Å². The standard InChI is InChI=1S/C13H25NO3/c1-10(2)7-11(15)9-14-12(16)8-13(17)5-3-4-6-13/h10-11,15,17H,3-9H2,1-2H3,(H,14,16). The summed E-state index contributed by atoms with van der Waals surface area (Å²) in [5.41, 5.74) is -0.799. The third-order valence-corrected chi connectivity index (χ3v) is 3.30. The fourth-order valence-electron chi connectivity index (χ4n) is 2.43. The Morgan fingerprint density at radius 2 is 1.94 bits per heavy atom. The normalized spacial score (nSPS) is 20.5. The molecule has 17 heavy (non-hydrogen) atoms. The smallest absolute Gasteiger partial charge is 0.222 e. The molecule has 1 amide bonds. The van der Waals surface area contributed by atoms with Crippen molar-refractivity contribution in [3.8, 4) is 0 Å². The van der Waals surface area contributed by atoms with Crippen molar-refractivity contribution < 1.29 is 15.0 Å². The topological polar surface area (TPSA) is 69.6 Å². The second kappa shape index (κ2) is 6.36. The van der Waals surface area contributed by atoms with Gasteiger partial charge in [-0.3, -0.25) is 4.79 Å². The van der Waals surface area contributed by atoms with Crippen molar-refractivity contribution in [3.63, 3.8) is 0 Å². The van der Waals surface area contributed by atoms with Crippen LogP contribution in [-0.4, -0.2) is 34.4 Å². The zero-order valence-electron chi connectivity index (χ0n) is 10.9. The number of nitrogens with one attached hydrogen (secondary N) is 1. The minimum atomic E-state index is -0.799. The number of carbonyl (C=O) groups excluding carboxylic acids is 1. The average molecular weight is 243 g/mol. The van der Waals surface area contributed by atoms with Gasteiger partial charge in [0.2, 0.25) is 5.91 Å². The van der Waals surface area contributed by atoms with E-state index in [1.807, 2.05) is 13.8 Å². The molecule has 1 fully saturated rings. The fourth-order valence-corrected chi connectivity index (χ4v) is 2.43. The lowest BCUT2D eigenvalue weighted by Gasteiger charge is -2.22. The molecule has 0 bridgehead atoms. The van der Waals surface area contributed by atoms with Crippen LogP contribution in [0, 0.1) is 5.92 Å². The second-order valence-electron chi connectivity index (χ2n) is 5.70. The van der Waals surface area contributed by atoms with E-state index in [4.69, 9.17) is 0 Å². The maximum Gasteiger partial charge on any atom is 0.222 e. The first kappa shape index (κ1) is 14.5. The summed E-state index contributed by atoms with van der Waals surface area (Å²) in [6, 6.07) is 0. The summed E-state index contributed by atoms with van der Waals surface area (Å²) in [4.78, 5) is 11.6. The van der Waals surface area contributed by atoms with Crippen molar-refractivity contribution in [3.05, 3.63) is 0 Å². The summed E-state index contributed by atoms with van der Waals surface area (Å²) in [7, 11) is 0. The van der Waals surface area contributed by atoms with Crippen LogP contribution in [0.5, 0.6) is 0 Å². The SMILES string of the molecule is CC(C)CC(O)CNC(=O)CC1(O)CCCC1. The molecule has 1 aliphatic rings. The molecule has 0 aromatic heterocycles. The number of hydrogen-bond donors (Lipinski definition) is 3. The molecule has 1 aliphatic carbocycles. The highest BCUT2D eigenvalue weighted by Gasteiger charge is 2.33. The fraction of sp³-hybridized carbons (Fsp3) is 0.923. The Labute approximate surface area is 103 Å². The minimum Gasteiger partial charge on any atom is -0.391 e. The molecule has 1 unspecified atom stereocenters. The van der Waals surface area contributed by atoms with E-state index in [1.165, 1.54) is 0 Å². The third-order valence-electron chi connectivity index (χ3n) is 3.30. The summed E-state index contributed by atoms with van der Waals surface area (Å²) < 4.78 is 0. The third kappa shape index (κ3) is 5.50. The zero-order chi connectivity index (χ0) is 12.9. The predicted octanol–water partition coefficient (Wildman–Crippen LogP) is 1.20. The van der Waals surface area contributed by atoms with Crippen molar-refractivity contribution in [2.45, 2.75) is 64.1 Å². The molecule has 0 aliphatic heterocycles. The maximum atomic E-state index is 11.6. The van der Waals surface area contributed by atoms with Crippen LogP contribution in [0.4, 0.5) is 0 Å². The van der Waals surface area contributed by atoms with Gasteiger partial charge in [0.1, 0.15) is 0 Å². The lowest BCUT2D eigenvalue weighted by atomic mass is 9.97. The van der Waals surface area contributed by atoms with E-state index < -0.39 is 11.7 Å². The Morgan fingerprint density at radius 3 is 2.47 bits per heavy atom. The number of aliphatic hydroxyl groups excluding tert-OH is 1. The molecule has 0 spiro atoms. The number of aliphatic hydroxyl groups is 2. The monoisotopic (exact) mass is 243 g/mol. The van der Waals surface area contributed by atoms with Crippen LogP contribution in [0.2, 0.25) is 0 Å². The lowest BCUT2D eigenvalue weighted by Crippen LogP contribution is -2.38. The van der Waals surface area contributed by atoms with Crippen LogP contribution in [0.1, 0.15) is 52.4 Å². The molecule has 4 heteroatoms. The zero-order valence-corrected chi connectivity index (χ0v) is 10.9. The lowest BCUT2D eigenvalue weighted by molar-refractivity contribution is -0.126. The second-order valence-corrected chi connectivity index (χ2v) is 5.70. The highest BCUT2D eigenvalue weighted by molar-refractivity contribution is 5.77. The van der Waals surface area contributed by atoms with Gasteiger partial charge in [0, 0.05) is 6.54 Å². The highest BCUT2D eigenvalue weighted by atomic mass is 16.3. The van der Waals surface area contributed by atoms with E-state index in [0.717, 1.165) is 25.7 Å². The van der Waals surface area contributed by atoms with E-state index in [2.05, 4.69) is 5.32 Å². The summed E-state index contributed by atoms with van der Waals surface area (Å²) in [6.07, 6.45) is 3.80. The van der Waals surface area contributed by atoms with Gasteiger partial charge < -0.3 is 15.5 Å². The molecule has 0 aromatic carbocycles. The van der Waals surface area contributed by atoms with Gasteiger partial charge in [0.15, 0.2) is 0 Å². The molecule has 3 N–H and O–H groups in total. The van der Waals surface area contributed by atoms with E-state index in [1.54, 1.807) is 0 Å². The molecule has 0 saturated heterocycles. The van der Waals surface area contributed by atoms with Crippen LogP contribution in [-0.2, 0) is 4.79 Å². The Balaban J connectivity index is 2.21. The van der Waals surface area contributed by atoms with Gasteiger partial charge in [-0.25, -0.2) is 0 Å². The van der Waals surface area contributed by atoms with Crippen LogP contribution < -0.4 is 5.32 Å².